The van der Waals surface area contributed by atoms with Gasteiger partial charge in [-0.3, -0.25) is 0 Å². The van der Waals surface area contributed by atoms with Crippen molar-refractivity contribution in [3.8, 4) is 0 Å². The number of hydrogen-bond acceptors (Lipinski definition) is 2. The average molecular weight is 232 g/mol. The highest BCUT2D eigenvalue weighted by Gasteiger charge is 1.92. The molecule has 0 fully saturated rings. The lowest BCUT2D eigenvalue weighted by Crippen LogP contribution is -2.09. The lowest BCUT2D eigenvalue weighted by atomic mass is 10.3. The predicted octanol–water partition coefficient (Wildman–Crippen LogP) is 2.87. The van der Waals surface area contributed by atoms with E-state index in [-0.39, 0.29) is 6.04 Å². The molecule has 1 rings (SSSR count). The Kier molecular flexibility index (Phi) is 3.30. The summed E-state index contributed by atoms with van der Waals surface area (Å²) < 4.78 is 1.13. The van der Waals surface area contributed by atoms with Gasteiger partial charge in [-0.25, -0.2) is 0 Å². The monoisotopic (exact) mass is 231 g/mol. The van der Waals surface area contributed by atoms with Gasteiger partial charge in [-0.05, 0) is 35.0 Å². The van der Waals surface area contributed by atoms with Crippen LogP contribution in [0.1, 0.15) is 11.8 Å². The van der Waals surface area contributed by atoms with E-state index in [1.54, 1.807) is 11.3 Å². The smallest absolute Gasteiger partial charge is 0.0288 e. The summed E-state index contributed by atoms with van der Waals surface area (Å²) in [6.07, 6.45) is 4.03. The van der Waals surface area contributed by atoms with E-state index >= 15 is 0 Å². The molecule has 0 bridgehead atoms. The Morgan fingerprint density at radius 2 is 2.45 bits per heavy atom. The molecule has 1 heterocycles. The van der Waals surface area contributed by atoms with Gasteiger partial charge in [0.05, 0.1) is 0 Å². The minimum Gasteiger partial charge on any atom is -0.325 e. The summed E-state index contributed by atoms with van der Waals surface area (Å²) in [5.74, 6) is 0. The fraction of sp³-hybridized carbons (Fsp3) is 0.250. The number of rotatable bonds is 2. The normalized spacial score (nSPS) is 14.1. The highest BCUT2D eigenvalue weighted by atomic mass is 79.9. The van der Waals surface area contributed by atoms with Crippen molar-refractivity contribution in [3.05, 3.63) is 26.9 Å². The second-order valence-electron chi connectivity index (χ2n) is 2.39. The minimum atomic E-state index is 0.135. The molecule has 0 aliphatic carbocycles. The Balaban J connectivity index is 2.64. The van der Waals surface area contributed by atoms with E-state index in [0.717, 1.165) is 4.47 Å². The van der Waals surface area contributed by atoms with Gasteiger partial charge in [-0.1, -0.05) is 6.08 Å². The second kappa shape index (κ2) is 4.04. The van der Waals surface area contributed by atoms with Crippen molar-refractivity contribution >= 4 is 33.3 Å². The van der Waals surface area contributed by atoms with Crippen LogP contribution in [0.25, 0.3) is 6.08 Å². The molecule has 0 radical (unpaired) electrons. The lowest BCUT2D eigenvalue weighted by Gasteiger charge is -1.91. The molecule has 0 amide bonds. The summed E-state index contributed by atoms with van der Waals surface area (Å²) in [6, 6.07) is 2.21. The Bertz CT molecular complexity index is 252. The van der Waals surface area contributed by atoms with Crippen LogP contribution in [0.2, 0.25) is 0 Å². The number of hydrogen-bond donors (Lipinski definition) is 1. The molecule has 0 spiro atoms. The molecule has 0 aliphatic rings. The first-order chi connectivity index (χ1) is 5.18. The molecule has 1 aromatic rings. The van der Waals surface area contributed by atoms with Crippen LogP contribution in [0.15, 0.2) is 22.0 Å². The van der Waals surface area contributed by atoms with Crippen molar-refractivity contribution in [1.29, 1.82) is 0 Å². The van der Waals surface area contributed by atoms with Gasteiger partial charge in [0.2, 0.25) is 0 Å². The van der Waals surface area contributed by atoms with Crippen molar-refractivity contribution in [2.45, 2.75) is 13.0 Å². The zero-order valence-electron chi connectivity index (χ0n) is 6.25. The van der Waals surface area contributed by atoms with Gasteiger partial charge in [0.15, 0.2) is 0 Å². The summed E-state index contributed by atoms with van der Waals surface area (Å²) in [5, 5.41) is 2.06. The molecule has 1 nitrogen and oxygen atoms in total. The molecule has 0 aliphatic heterocycles. The van der Waals surface area contributed by atoms with Gasteiger partial charge in [-0.2, -0.15) is 0 Å². The third kappa shape index (κ3) is 3.18. The Hall–Kier alpha value is -0.120. The Morgan fingerprint density at radius 3 is 2.91 bits per heavy atom. The first kappa shape index (κ1) is 8.97. The molecule has 0 saturated carbocycles. The van der Waals surface area contributed by atoms with Crippen molar-refractivity contribution in [3.63, 3.8) is 0 Å². The topological polar surface area (TPSA) is 26.0 Å². The van der Waals surface area contributed by atoms with Crippen molar-refractivity contribution in [2.75, 3.05) is 0 Å². The first-order valence-corrected chi connectivity index (χ1v) is 5.03. The van der Waals surface area contributed by atoms with Crippen LogP contribution in [0.4, 0.5) is 0 Å². The van der Waals surface area contributed by atoms with E-state index in [2.05, 4.69) is 27.4 Å². The van der Waals surface area contributed by atoms with E-state index in [1.165, 1.54) is 4.88 Å². The summed E-state index contributed by atoms with van der Waals surface area (Å²) in [7, 11) is 0. The summed E-state index contributed by atoms with van der Waals surface area (Å²) in [6.45, 7) is 1.96. The minimum absolute atomic E-state index is 0.135. The van der Waals surface area contributed by atoms with Gasteiger partial charge in [0.25, 0.3) is 0 Å². The van der Waals surface area contributed by atoms with E-state index in [9.17, 15) is 0 Å². The molecule has 3 heteroatoms. The molecule has 1 unspecified atom stereocenters. The largest absolute Gasteiger partial charge is 0.325 e. The number of nitrogens with two attached hydrogens (primary N) is 1. The van der Waals surface area contributed by atoms with Gasteiger partial charge >= 0.3 is 0 Å². The predicted molar refractivity (Wildman–Crippen MR) is 54.7 cm³/mol. The number of thiophene rings is 1. The maximum absolute atomic E-state index is 5.55. The fourth-order valence-corrected chi connectivity index (χ4v) is 2.01. The van der Waals surface area contributed by atoms with Gasteiger partial charge in [0, 0.05) is 20.8 Å². The van der Waals surface area contributed by atoms with E-state index in [4.69, 9.17) is 5.73 Å². The van der Waals surface area contributed by atoms with Gasteiger partial charge in [-0.15, -0.1) is 11.3 Å². The van der Waals surface area contributed by atoms with Crippen LogP contribution in [0, 0.1) is 0 Å². The van der Waals surface area contributed by atoms with Gasteiger partial charge < -0.3 is 5.73 Å². The molecular formula is C8H10BrNS. The molecule has 1 atom stereocenters. The third-order valence-corrected chi connectivity index (χ3v) is 2.81. The molecule has 11 heavy (non-hydrogen) atoms. The summed E-state index contributed by atoms with van der Waals surface area (Å²) >= 11 is 5.09. The van der Waals surface area contributed by atoms with Crippen LogP contribution < -0.4 is 5.73 Å². The van der Waals surface area contributed by atoms with Crippen LogP contribution >= 0.6 is 27.3 Å². The lowest BCUT2D eigenvalue weighted by molar-refractivity contribution is 0.931. The first-order valence-electron chi connectivity index (χ1n) is 3.36. The van der Waals surface area contributed by atoms with Crippen molar-refractivity contribution in [2.24, 2.45) is 5.73 Å². The maximum atomic E-state index is 5.55. The van der Waals surface area contributed by atoms with Gasteiger partial charge in [0.1, 0.15) is 0 Å². The molecule has 1 aromatic heterocycles. The second-order valence-corrected chi connectivity index (χ2v) is 4.24. The zero-order valence-corrected chi connectivity index (χ0v) is 8.65. The van der Waals surface area contributed by atoms with Crippen LogP contribution in [0.3, 0.4) is 0 Å². The summed E-state index contributed by atoms with van der Waals surface area (Å²) in [5.41, 5.74) is 5.55. The van der Waals surface area contributed by atoms with Crippen LogP contribution in [-0.4, -0.2) is 6.04 Å². The SMILES string of the molecule is CC(N)/C=C/c1cc(Br)cs1. The Morgan fingerprint density at radius 1 is 1.73 bits per heavy atom. The Labute approximate surface area is 79.0 Å². The molecule has 60 valence electrons. The van der Waals surface area contributed by atoms with Crippen molar-refractivity contribution in [1.82, 2.24) is 0 Å². The third-order valence-electron chi connectivity index (χ3n) is 1.15. The number of halogens is 1. The van der Waals surface area contributed by atoms with Crippen LogP contribution in [-0.2, 0) is 0 Å². The fourth-order valence-electron chi connectivity index (χ4n) is 0.662. The molecule has 0 aromatic carbocycles. The van der Waals surface area contributed by atoms with E-state index in [1.807, 2.05) is 19.1 Å². The van der Waals surface area contributed by atoms with E-state index < -0.39 is 0 Å². The highest BCUT2D eigenvalue weighted by Crippen LogP contribution is 2.20. The molecule has 0 saturated heterocycles. The molecular weight excluding hydrogens is 222 g/mol. The zero-order chi connectivity index (χ0) is 8.27. The molecule has 2 N–H and O–H groups in total. The summed E-state index contributed by atoms with van der Waals surface area (Å²) in [4.78, 5) is 1.23. The standard InChI is InChI=1S/C8H10BrNS/c1-6(10)2-3-8-4-7(9)5-11-8/h2-6H,10H2,1H3/b3-2+. The maximum Gasteiger partial charge on any atom is 0.0288 e. The average Bonchev–Trinajstić information content (AvgIpc) is 2.31. The highest BCUT2D eigenvalue weighted by molar-refractivity contribution is 9.10. The quantitative estimate of drug-likeness (QED) is 0.833. The van der Waals surface area contributed by atoms with Crippen molar-refractivity contribution < 1.29 is 0 Å². The van der Waals surface area contributed by atoms with E-state index in [0.29, 0.717) is 0 Å². The van der Waals surface area contributed by atoms with Crippen LogP contribution in [0.5, 0.6) is 0 Å².